The van der Waals surface area contributed by atoms with Gasteiger partial charge >= 0.3 is 12.1 Å². The lowest BCUT2D eigenvalue weighted by atomic mass is 9.92. The Bertz CT molecular complexity index is 664. The number of hydrogen-bond acceptors (Lipinski definition) is 4. The summed E-state index contributed by atoms with van der Waals surface area (Å²) < 4.78 is 10.6. The monoisotopic (exact) mass is 387 g/mol. The zero-order valence-electron chi connectivity index (χ0n) is 13.7. The summed E-state index contributed by atoms with van der Waals surface area (Å²) in [6.45, 7) is 2.68. The van der Waals surface area contributed by atoms with E-state index in [0.29, 0.717) is 10.0 Å². The minimum Gasteiger partial charge on any atom is -0.465 e. The van der Waals surface area contributed by atoms with Crippen molar-refractivity contribution >= 4 is 35.3 Å². The second-order valence-electron chi connectivity index (χ2n) is 5.46. The number of halogens is 2. The van der Waals surface area contributed by atoms with E-state index in [1.54, 1.807) is 31.2 Å². The lowest BCUT2D eigenvalue weighted by Crippen LogP contribution is -2.35. The summed E-state index contributed by atoms with van der Waals surface area (Å²) >= 11 is 12.1. The molecule has 6 nitrogen and oxygen atoms in total. The fourth-order valence-electron chi connectivity index (χ4n) is 2.61. The predicted octanol–water partition coefficient (Wildman–Crippen LogP) is 3.58. The van der Waals surface area contributed by atoms with E-state index < -0.39 is 18.2 Å². The molecule has 1 N–H and O–H groups in total. The summed E-state index contributed by atoms with van der Waals surface area (Å²) in [5.41, 5.74) is 0.779. The first-order valence-electron chi connectivity index (χ1n) is 7.81. The Hall–Kier alpha value is -1.76. The van der Waals surface area contributed by atoms with Crippen LogP contribution in [0.3, 0.4) is 0 Å². The number of carboxylic acid groups (broad SMARTS) is 1. The fourth-order valence-corrected chi connectivity index (χ4v) is 2.92. The Morgan fingerprint density at radius 2 is 2.16 bits per heavy atom. The Morgan fingerprint density at radius 3 is 2.80 bits per heavy atom. The van der Waals surface area contributed by atoms with Crippen LogP contribution in [0.5, 0.6) is 0 Å². The maximum Gasteiger partial charge on any atom is 0.407 e. The van der Waals surface area contributed by atoms with Gasteiger partial charge in [0.05, 0.1) is 29.4 Å². The van der Waals surface area contributed by atoms with Crippen molar-refractivity contribution in [3.8, 4) is 0 Å². The van der Waals surface area contributed by atoms with Crippen LogP contribution in [0.25, 0.3) is 0 Å². The van der Waals surface area contributed by atoms with Gasteiger partial charge in [-0.3, -0.25) is 0 Å². The molecule has 0 saturated carbocycles. The highest BCUT2D eigenvalue weighted by Crippen LogP contribution is 2.31. The van der Waals surface area contributed by atoms with Gasteiger partial charge in [0.1, 0.15) is 0 Å². The van der Waals surface area contributed by atoms with Crippen molar-refractivity contribution in [1.82, 2.24) is 4.90 Å². The maximum absolute atomic E-state index is 11.6. The number of carbonyl (C=O) groups is 2. The molecule has 1 heterocycles. The van der Waals surface area contributed by atoms with Crippen molar-refractivity contribution in [2.45, 2.75) is 18.9 Å². The molecule has 1 saturated heterocycles. The lowest BCUT2D eigenvalue weighted by molar-refractivity contribution is -0.137. The molecule has 25 heavy (non-hydrogen) atoms. The molecule has 0 bridgehead atoms. The van der Waals surface area contributed by atoms with Crippen LogP contribution < -0.4 is 0 Å². The third-order valence-corrected chi connectivity index (χ3v) is 4.58. The van der Waals surface area contributed by atoms with Crippen LogP contribution in [-0.4, -0.2) is 54.5 Å². The fraction of sp³-hybridized carbons (Fsp3) is 0.412. The average Bonchev–Trinajstić information content (AvgIpc) is 2.78. The van der Waals surface area contributed by atoms with Crippen LogP contribution >= 0.6 is 23.2 Å². The first-order valence-corrected chi connectivity index (χ1v) is 8.57. The molecule has 2 rings (SSSR count). The standard InChI is InChI=1S/C17H19Cl2NO5/c1-2-24-16(21)6-5-15-12(10-20(17(22)23)7-8-25-15)11-3-4-13(18)14(19)9-11/h3-6,9,12,15H,2,7-8,10H2,1H3,(H,22,23). The molecule has 1 aromatic carbocycles. The summed E-state index contributed by atoms with van der Waals surface area (Å²) in [6.07, 6.45) is 1.38. The molecule has 0 aromatic heterocycles. The Labute approximate surface area is 155 Å². The number of rotatable bonds is 4. The topological polar surface area (TPSA) is 76.1 Å². The molecule has 0 radical (unpaired) electrons. The van der Waals surface area contributed by atoms with Crippen LogP contribution in [0.15, 0.2) is 30.4 Å². The van der Waals surface area contributed by atoms with Crippen LogP contribution in [-0.2, 0) is 14.3 Å². The molecule has 2 atom stereocenters. The molecule has 1 aliphatic heterocycles. The average molecular weight is 388 g/mol. The van der Waals surface area contributed by atoms with Gasteiger partial charge in [0.2, 0.25) is 0 Å². The molecular weight excluding hydrogens is 369 g/mol. The second-order valence-corrected chi connectivity index (χ2v) is 6.27. The smallest absolute Gasteiger partial charge is 0.407 e. The molecule has 1 fully saturated rings. The zero-order chi connectivity index (χ0) is 18.4. The van der Waals surface area contributed by atoms with Gasteiger partial charge in [0, 0.05) is 25.1 Å². The molecule has 1 aromatic rings. The van der Waals surface area contributed by atoms with E-state index in [0.717, 1.165) is 5.56 Å². The van der Waals surface area contributed by atoms with Gasteiger partial charge < -0.3 is 19.5 Å². The number of amides is 1. The molecule has 1 amide bonds. The van der Waals surface area contributed by atoms with Gasteiger partial charge in [0.15, 0.2) is 0 Å². The summed E-state index contributed by atoms with van der Waals surface area (Å²) in [6, 6.07) is 5.12. The van der Waals surface area contributed by atoms with Crippen LogP contribution in [0.2, 0.25) is 10.0 Å². The minimum absolute atomic E-state index is 0.213. The van der Waals surface area contributed by atoms with Crippen molar-refractivity contribution in [3.05, 3.63) is 46.0 Å². The van der Waals surface area contributed by atoms with E-state index in [-0.39, 0.29) is 32.2 Å². The highest BCUT2D eigenvalue weighted by Gasteiger charge is 2.30. The van der Waals surface area contributed by atoms with E-state index in [2.05, 4.69) is 0 Å². The second kappa shape index (κ2) is 9.08. The van der Waals surface area contributed by atoms with E-state index in [4.69, 9.17) is 32.7 Å². The highest BCUT2D eigenvalue weighted by molar-refractivity contribution is 6.42. The number of carbonyl (C=O) groups excluding carboxylic acids is 1. The normalized spacial score (nSPS) is 21.2. The number of nitrogens with zero attached hydrogens (tertiary/aromatic N) is 1. The lowest BCUT2D eigenvalue weighted by Gasteiger charge is -2.25. The largest absolute Gasteiger partial charge is 0.465 e. The first-order chi connectivity index (χ1) is 11.9. The highest BCUT2D eigenvalue weighted by atomic mass is 35.5. The maximum atomic E-state index is 11.6. The van der Waals surface area contributed by atoms with Gasteiger partial charge in [0.25, 0.3) is 0 Å². The summed E-state index contributed by atoms with van der Waals surface area (Å²) in [7, 11) is 0. The molecule has 0 spiro atoms. The Morgan fingerprint density at radius 1 is 1.40 bits per heavy atom. The molecule has 0 aliphatic carbocycles. The summed E-state index contributed by atoms with van der Waals surface area (Å²) in [4.78, 5) is 24.3. The quantitative estimate of drug-likeness (QED) is 0.631. The number of hydrogen-bond donors (Lipinski definition) is 1. The third-order valence-electron chi connectivity index (χ3n) is 3.84. The Balaban J connectivity index is 2.31. The number of esters is 1. The van der Waals surface area contributed by atoms with Gasteiger partial charge in [-0.2, -0.15) is 0 Å². The van der Waals surface area contributed by atoms with E-state index in [1.807, 2.05) is 0 Å². The third kappa shape index (κ3) is 5.36. The molecule has 2 unspecified atom stereocenters. The number of benzene rings is 1. The van der Waals surface area contributed by atoms with Crippen LogP contribution in [0.4, 0.5) is 4.79 Å². The van der Waals surface area contributed by atoms with Crippen LogP contribution in [0, 0.1) is 0 Å². The molecule has 8 heteroatoms. The van der Waals surface area contributed by atoms with Crippen molar-refractivity contribution in [2.24, 2.45) is 0 Å². The van der Waals surface area contributed by atoms with E-state index in [9.17, 15) is 14.7 Å². The summed E-state index contributed by atoms with van der Waals surface area (Å²) in [5, 5.41) is 10.1. The predicted molar refractivity (Wildman–Crippen MR) is 94.3 cm³/mol. The molecular formula is C17H19Cl2NO5. The van der Waals surface area contributed by atoms with Gasteiger partial charge in [-0.25, -0.2) is 9.59 Å². The SMILES string of the molecule is CCOC(=O)C=CC1OCCN(C(=O)O)CC1c1ccc(Cl)c(Cl)c1. The van der Waals surface area contributed by atoms with Crippen molar-refractivity contribution in [3.63, 3.8) is 0 Å². The zero-order valence-corrected chi connectivity index (χ0v) is 15.2. The van der Waals surface area contributed by atoms with Gasteiger partial charge in [-0.05, 0) is 30.7 Å². The van der Waals surface area contributed by atoms with Crippen molar-refractivity contribution in [2.75, 3.05) is 26.3 Å². The van der Waals surface area contributed by atoms with Crippen molar-refractivity contribution in [1.29, 1.82) is 0 Å². The van der Waals surface area contributed by atoms with E-state index in [1.165, 1.54) is 11.0 Å². The number of ether oxygens (including phenoxy) is 2. The van der Waals surface area contributed by atoms with Gasteiger partial charge in [-0.15, -0.1) is 0 Å². The molecule has 136 valence electrons. The van der Waals surface area contributed by atoms with E-state index >= 15 is 0 Å². The van der Waals surface area contributed by atoms with Gasteiger partial charge in [-0.1, -0.05) is 29.3 Å². The first kappa shape index (κ1) is 19.6. The van der Waals surface area contributed by atoms with Crippen molar-refractivity contribution < 1.29 is 24.2 Å². The summed E-state index contributed by atoms with van der Waals surface area (Å²) in [5.74, 6) is -0.808. The minimum atomic E-state index is -1.02. The molecule has 1 aliphatic rings. The Kier molecular flexibility index (Phi) is 7.11. The van der Waals surface area contributed by atoms with Crippen LogP contribution in [0.1, 0.15) is 18.4 Å².